The van der Waals surface area contributed by atoms with E-state index in [0.29, 0.717) is 32.5 Å². The Balaban J connectivity index is 1.82. The predicted octanol–water partition coefficient (Wildman–Crippen LogP) is 2.64. The van der Waals surface area contributed by atoms with Gasteiger partial charge in [-0.3, -0.25) is 14.4 Å². The highest BCUT2D eigenvalue weighted by Crippen LogP contribution is 2.19. The lowest BCUT2D eigenvalue weighted by atomic mass is 9.98. The molecule has 0 bridgehead atoms. The Morgan fingerprint density at radius 2 is 2.04 bits per heavy atom. The molecule has 148 valence electrons. The second kappa shape index (κ2) is 10.4. The third kappa shape index (κ3) is 6.34. The van der Waals surface area contributed by atoms with Crippen LogP contribution in [0.4, 0.5) is 0 Å². The Kier molecular flexibility index (Phi) is 8.28. The number of hydrogen-bond donors (Lipinski definition) is 0. The maximum absolute atomic E-state index is 12.5. The third-order valence-electron chi connectivity index (χ3n) is 4.76. The highest BCUT2D eigenvalue weighted by molar-refractivity contribution is 9.10. The van der Waals surface area contributed by atoms with Crippen LogP contribution in [-0.2, 0) is 25.5 Å². The van der Waals surface area contributed by atoms with Gasteiger partial charge in [-0.2, -0.15) is 0 Å². The average Bonchev–Trinajstić information content (AvgIpc) is 2.67. The number of carbonyl (C=O) groups excluding carboxylic acids is 3. The van der Waals surface area contributed by atoms with E-state index < -0.39 is 0 Å². The maximum Gasteiger partial charge on any atom is 0.310 e. The van der Waals surface area contributed by atoms with Crippen LogP contribution >= 0.6 is 15.9 Å². The normalized spacial score (nSPS) is 16.7. The number of nitrogens with zero attached hydrogens (tertiary/aromatic N) is 2. The Morgan fingerprint density at radius 1 is 1.30 bits per heavy atom. The highest BCUT2D eigenvalue weighted by atomic mass is 79.9. The standard InChI is InChI=1S/C20H27BrN2O4/c1-3-27-20(26)16-8-6-12-23(13-16)19(25)14-22(2)18(24)11-10-15-7-4-5-9-17(15)21/h4-5,7,9,16H,3,6,8,10-14H2,1-2H3. The SMILES string of the molecule is CCOC(=O)C1CCCN(C(=O)CN(C)C(=O)CCc2ccccc2Br)C1. The molecule has 0 radical (unpaired) electrons. The Bertz CT molecular complexity index is 680. The van der Waals surface area contributed by atoms with Crippen LogP contribution in [0, 0.1) is 5.92 Å². The summed E-state index contributed by atoms with van der Waals surface area (Å²) < 4.78 is 6.05. The lowest BCUT2D eigenvalue weighted by Gasteiger charge is -2.32. The van der Waals surface area contributed by atoms with Gasteiger partial charge in [-0.25, -0.2) is 0 Å². The van der Waals surface area contributed by atoms with Crippen molar-refractivity contribution in [1.82, 2.24) is 9.80 Å². The zero-order chi connectivity index (χ0) is 19.8. The van der Waals surface area contributed by atoms with Gasteiger partial charge >= 0.3 is 5.97 Å². The lowest BCUT2D eigenvalue weighted by molar-refractivity contribution is -0.152. The highest BCUT2D eigenvalue weighted by Gasteiger charge is 2.30. The molecule has 1 fully saturated rings. The topological polar surface area (TPSA) is 66.9 Å². The predicted molar refractivity (Wildman–Crippen MR) is 106 cm³/mol. The first-order valence-corrected chi connectivity index (χ1v) is 10.1. The molecule has 1 aliphatic rings. The number of likely N-dealkylation sites (tertiary alicyclic amines) is 1. The van der Waals surface area contributed by atoms with Crippen LogP contribution in [0.1, 0.15) is 31.7 Å². The maximum atomic E-state index is 12.5. The summed E-state index contributed by atoms with van der Waals surface area (Å²) in [5.41, 5.74) is 1.07. The van der Waals surface area contributed by atoms with Crippen LogP contribution in [0.5, 0.6) is 0 Å². The number of carbonyl (C=O) groups is 3. The number of piperidine rings is 1. The van der Waals surface area contributed by atoms with E-state index in [4.69, 9.17) is 4.74 Å². The molecule has 0 saturated carbocycles. The molecule has 2 rings (SSSR count). The van der Waals surface area contributed by atoms with Gasteiger partial charge < -0.3 is 14.5 Å². The fraction of sp³-hybridized carbons (Fsp3) is 0.550. The van der Waals surface area contributed by atoms with Gasteiger partial charge in [0.2, 0.25) is 11.8 Å². The van der Waals surface area contributed by atoms with Gasteiger partial charge in [-0.15, -0.1) is 0 Å². The van der Waals surface area contributed by atoms with Crippen molar-refractivity contribution in [2.24, 2.45) is 5.92 Å². The summed E-state index contributed by atoms with van der Waals surface area (Å²) in [6, 6.07) is 7.80. The zero-order valence-corrected chi connectivity index (χ0v) is 17.5. The number of aryl methyl sites for hydroxylation is 1. The summed E-state index contributed by atoms with van der Waals surface area (Å²) in [5, 5.41) is 0. The first-order chi connectivity index (χ1) is 12.9. The van der Waals surface area contributed by atoms with E-state index in [2.05, 4.69) is 15.9 Å². The number of likely N-dealkylation sites (N-methyl/N-ethyl adjacent to an activating group) is 1. The summed E-state index contributed by atoms with van der Waals surface area (Å²) in [4.78, 5) is 40.0. The molecule has 1 saturated heterocycles. The van der Waals surface area contributed by atoms with Crippen LogP contribution < -0.4 is 0 Å². The molecule has 1 unspecified atom stereocenters. The van der Waals surface area contributed by atoms with Crippen molar-refractivity contribution in [2.75, 3.05) is 33.3 Å². The minimum atomic E-state index is -0.265. The minimum Gasteiger partial charge on any atom is -0.466 e. The van der Waals surface area contributed by atoms with Gasteiger partial charge in [0.15, 0.2) is 0 Å². The summed E-state index contributed by atoms with van der Waals surface area (Å²) in [6.07, 6.45) is 2.48. The monoisotopic (exact) mass is 438 g/mol. The minimum absolute atomic E-state index is 0.0321. The zero-order valence-electron chi connectivity index (χ0n) is 15.9. The summed E-state index contributed by atoms with van der Waals surface area (Å²) >= 11 is 3.48. The molecule has 2 amide bonds. The largest absolute Gasteiger partial charge is 0.466 e. The van der Waals surface area contributed by atoms with E-state index in [-0.39, 0.29) is 30.2 Å². The molecule has 7 heteroatoms. The van der Waals surface area contributed by atoms with Crippen molar-refractivity contribution in [3.05, 3.63) is 34.3 Å². The molecule has 0 aromatic heterocycles. The van der Waals surface area contributed by atoms with Gasteiger partial charge in [0.1, 0.15) is 0 Å². The van der Waals surface area contributed by atoms with Crippen molar-refractivity contribution in [2.45, 2.75) is 32.6 Å². The van der Waals surface area contributed by atoms with Crippen molar-refractivity contribution in [3.8, 4) is 0 Å². The Morgan fingerprint density at radius 3 is 2.74 bits per heavy atom. The smallest absolute Gasteiger partial charge is 0.310 e. The number of halogens is 1. The van der Waals surface area contributed by atoms with Gasteiger partial charge in [-0.1, -0.05) is 34.1 Å². The molecule has 27 heavy (non-hydrogen) atoms. The fourth-order valence-electron chi connectivity index (χ4n) is 3.18. The second-order valence-corrected chi connectivity index (χ2v) is 7.63. The summed E-state index contributed by atoms with van der Waals surface area (Å²) in [5.74, 6) is -0.703. The molecule has 6 nitrogen and oxygen atoms in total. The van der Waals surface area contributed by atoms with Crippen molar-refractivity contribution in [3.63, 3.8) is 0 Å². The molecular formula is C20H27BrN2O4. The van der Waals surface area contributed by atoms with Gasteiger partial charge in [0.25, 0.3) is 0 Å². The quantitative estimate of drug-likeness (QED) is 0.613. The van der Waals surface area contributed by atoms with E-state index in [1.807, 2.05) is 24.3 Å². The summed E-state index contributed by atoms with van der Waals surface area (Å²) in [7, 11) is 1.65. The fourth-order valence-corrected chi connectivity index (χ4v) is 3.66. The Labute approximate surface area is 169 Å². The van der Waals surface area contributed by atoms with Crippen molar-refractivity contribution < 1.29 is 19.1 Å². The van der Waals surface area contributed by atoms with Gasteiger partial charge in [0.05, 0.1) is 19.1 Å². The number of esters is 1. The third-order valence-corrected chi connectivity index (χ3v) is 5.53. The molecular weight excluding hydrogens is 412 g/mol. The van der Waals surface area contributed by atoms with Crippen LogP contribution in [0.2, 0.25) is 0 Å². The summed E-state index contributed by atoms with van der Waals surface area (Å²) in [6.45, 7) is 3.14. The van der Waals surface area contributed by atoms with Crippen LogP contribution in [0.15, 0.2) is 28.7 Å². The van der Waals surface area contributed by atoms with Gasteiger partial charge in [0, 0.05) is 31.0 Å². The first-order valence-electron chi connectivity index (χ1n) is 9.34. The average molecular weight is 439 g/mol. The number of amides is 2. The molecule has 1 aromatic carbocycles. The molecule has 1 heterocycles. The van der Waals surface area contributed by atoms with Crippen molar-refractivity contribution >= 4 is 33.7 Å². The molecule has 0 spiro atoms. The van der Waals surface area contributed by atoms with E-state index in [0.717, 1.165) is 22.9 Å². The van der Waals surface area contributed by atoms with Crippen LogP contribution in [0.25, 0.3) is 0 Å². The Hall–Kier alpha value is -1.89. The molecule has 0 N–H and O–H groups in total. The number of benzene rings is 1. The van der Waals surface area contributed by atoms with Crippen molar-refractivity contribution in [1.29, 1.82) is 0 Å². The molecule has 1 aromatic rings. The van der Waals surface area contributed by atoms with Crippen LogP contribution in [0.3, 0.4) is 0 Å². The number of rotatable bonds is 7. The molecule has 1 aliphatic heterocycles. The molecule has 1 atom stereocenters. The number of hydrogen-bond acceptors (Lipinski definition) is 4. The second-order valence-electron chi connectivity index (χ2n) is 6.77. The van der Waals surface area contributed by atoms with Crippen LogP contribution in [-0.4, -0.2) is 60.9 Å². The van der Waals surface area contributed by atoms with E-state index in [9.17, 15) is 14.4 Å². The first kappa shape index (κ1) is 21.4. The van der Waals surface area contributed by atoms with E-state index >= 15 is 0 Å². The number of ether oxygens (including phenoxy) is 1. The van der Waals surface area contributed by atoms with E-state index in [1.54, 1.807) is 18.9 Å². The lowest BCUT2D eigenvalue weighted by Crippen LogP contribution is -2.47. The van der Waals surface area contributed by atoms with E-state index in [1.165, 1.54) is 4.90 Å². The van der Waals surface area contributed by atoms with Gasteiger partial charge in [-0.05, 0) is 37.8 Å². The molecule has 0 aliphatic carbocycles.